The number of aryl methyl sites for hydroxylation is 1. The first kappa shape index (κ1) is 10.3. The fourth-order valence-electron chi connectivity index (χ4n) is 1.89. The Labute approximate surface area is 89.2 Å². The lowest BCUT2D eigenvalue weighted by Gasteiger charge is -2.13. The topological polar surface area (TPSA) is 52.3 Å². The van der Waals surface area contributed by atoms with Gasteiger partial charge < -0.3 is 10.5 Å². The van der Waals surface area contributed by atoms with Gasteiger partial charge >= 0.3 is 0 Å². The molecule has 2 unspecified atom stereocenters. The lowest BCUT2D eigenvalue weighted by Crippen LogP contribution is -2.34. The molecule has 1 heterocycles. The highest BCUT2D eigenvalue weighted by Crippen LogP contribution is 2.19. The van der Waals surface area contributed by atoms with Crippen molar-refractivity contribution >= 4 is 5.78 Å². The van der Waals surface area contributed by atoms with E-state index >= 15 is 0 Å². The van der Waals surface area contributed by atoms with Crippen LogP contribution in [0.3, 0.4) is 0 Å². The van der Waals surface area contributed by atoms with Gasteiger partial charge in [0.15, 0.2) is 5.78 Å². The number of benzene rings is 1. The molecule has 0 aliphatic carbocycles. The highest BCUT2D eigenvalue weighted by Gasteiger charge is 2.32. The van der Waals surface area contributed by atoms with Crippen molar-refractivity contribution in [1.29, 1.82) is 0 Å². The molecule has 1 aliphatic heterocycles. The van der Waals surface area contributed by atoms with Crippen molar-refractivity contribution in [3.05, 3.63) is 35.4 Å². The van der Waals surface area contributed by atoms with Crippen molar-refractivity contribution in [3.63, 3.8) is 0 Å². The zero-order valence-corrected chi connectivity index (χ0v) is 8.77. The Balaban J connectivity index is 2.24. The third kappa shape index (κ3) is 1.94. The van der Waals surface area contributed by atoms with Crippen LogP contribution in [0.5, 0.6) is 0 Å². The van der Waals surface area contributed by atoms with Crippen LogP contribution in [-0.4, -0.2) is 25.0 Å². The predicted molar refractivity (Wildman–Crippen MR) is 57.8 cm³/mol. The Bertz CT molecular complexity index is 376. The molecule has 0 bridgehead atoms. The van der Waals surface area contributed by atoms with Gasteiger partial charge in [0.1, 0.15) is 0 Å². The molecular formula is C12H15NO2. The third-order valence-electron chi connectivity index (χ3n) is 2.87. The van der Waals surface area contributed by atoms with Crippen molar-refractivity contribution in [2.45, 2.75) is 13.0 Å². The van der Waals surface area contributed by atoms with E-state index in [0.717, 1.165) is 11.1 Å². The largest absolute Gasteiger partial charge is 0.379 e. The maximum Gasteiger partial charge on any atom is 0.170 e. The number of hydrogen-bond donors (Lipinski definition) is 1. The van der Waals surface area contributed by atoms with E-state index in [9.17, 15) is 4.79 Å². The van der Waals surface area contributed by atoms with E-state index in [1.165, 1.54) is 0 Å². The van der Waals surface area contributed by atoms with E-state index in [4.69, 9.17) is 10.5 Å². The average molecular weight is 205 g/mol. The van der Waals surface area contributed by atoms with Gasteiger partial charge in [0.2, 0.25) is 0 Å². The zero-order valence-electron chi connectivity index (χ0n) is 8.77. The monoisotopic (exact) mass is 205 g/mol. The molecule has 1 fully saturated rings. The molecule has 1 saturated heterocycles. The van der Waals surface area contributed by atoms with Gasteiger partial charge in [-0.2, -0.15) is 0 Å². The second-order valence-corrected chi connectivity index (χ2v) is 3.99. The molecule has 80 valence electrons. The maximum absolute atomic E-state index is 12.1. The Morgan fingerprint density at radius 1 is 1.40 bits per heavy atom. The molecule has 0 amide bonds. The van der Waals surface area contributed by atoms with Gasteiger partial charge in [-0.1, -0.05) is 24.3 Å². The molecule has 1 aliphatic rings. The molecule has 0 radical (unpaired) electrons. The molecular weight excluding hydrogens is 190 g/mol. The van der Waals surface area contributed by atoms with Crippen LogP contribution in [-0.2, 0) is 4.74 Å². The molecule has 15 heavy (non-hydrogen) atoms. The summed E-state index contributed by atoms with van der Waals surface area (Å²) < 4.78 is 5.21. The molecule has 1 aromatic rings. The number of Topliss-reactive ketones (excluding diaryl/α,β-unsaturated/α-hetero) is 1. The van der Waals surface area contributed by atoms with Gasteiger partial charge in [-0.05, 0) is 12.5 Å². The summed E-state index contributed by atoms with van der Waals surface area (Å²) in [4.78, 5) is 12.1. The molecule has 2 N–H and O–H groups in total. The molecule has 1 aromatic carbocycles. The molecule has 2 rings (SSSR count). The van der Waals surface area contributed by atoms with E-state index in [2.05, 4.69) is 0 Å². The Hall–Kier alpha value is -1.19. The van der Waals surface area contributed by atoms with Gasteiger partial charge in [-0.3, -0.25) is 4.79 Å². The summed E-state index contributed by atoms with van der Waals surface area (Å²) in [6.07, 6.45) is 0. The van der Waals surface area contributed by atoms with Crippen LogP contribution in [0, 0.1) is 12.8 Å². The van der Waals surface area contributed by atoms with Gasteiger partial charge in [-0.25, -0.2) is 0 Å². The second kappa shape index (κ2) is 4.13. The van der Waals surface area contributed by atoms with E-state index in [1.54, 1.807) is 0 Å². The van der Waals surface area contributed by atoms with Gasteiger partial charge in [-0.15, -0.1) is 0 Å². The molecule has 0 saturated carbocycles. The fraction of sp³-hybridized carbons (Fsp3) is 0.417. The minimum Gasteiger partial charge on any atom is -0.379 e. The number of rotatable bonds is 2. The summed E-state index contributed by atoms with van der Waals surface area (Å²) in [5.74, 6) is -0.0656. The lowest BCUT2D eigenvalue weighted by atomic mass is 9.91. The van der Waals surface area contributed by atoms with Crippen LogP contribution >= 0.6 is 0 Å². The zero-order chi connectivity index (χ0) is 10.8. The van der Waals surface area contributed by atoms with E-state index in [0.29, 0.717) is 13.2 Å². The standard InChI is InChI=1S/C12H15NO2/c1-8-4-2-3-5-9(8)12(14)10-6-15-7-11(10)13/h2-5,10-11H,6-7,13H2,1H3. The number of carbonyl (C=O) groups is 1. The summed E-state index contributed by atoms with van der Waals surface area (Å²) in [5, 5.41) is 0. The smallest absolute Gasteiger partial charge is 0.170 e. The molecule has 0 spiro atoms. The Morgan fingerprint density at radius 2 is 2.13 bits per heavy atom. The SMILES string of the molecule is Cc1ccccc1C(=O)C1COCC1N. The maximum atomic E-state index is 12.1. The van der Waals surface area contributed by atoms with Crippen molar-refractivity contribution < 1.29 is 9.53 Å². The number of ether oxygens (including phenoxy) is 1. The van der Waals surface area contributed by atoms with Crippen LogP contribution in [0.4, 0.5) is 0 Å². The van der Waals surface area contributed by atoms with Crippen LogP contribution < -0.4 is 5.73 Å². The van der Waals surface area contributed by atoms with Crippen LogP contribution in [0.25, 0.3) is 0 Å². The normalized spacial score (nSPS) is 25.5. The lowest BCUT2D eigenvalue weighted by molar-refractivity contribution is 0.0895. The first-order chi connectivity index (χ1) is 7.20. The fourth-order valence-corrected chi connectivity index (χ4v) is 1.89. The van der Waals surface area contributed by atoms with Crippen molar-refractivity contribution in [3.8, 4) is 0 Å². The van der Waals surface area contributed by atoms with Crippen molar-refractivity contribution in [2.24, 2.45) is 11.7 Å². The number of carbonyl (C=O) groups excluding carboxylic acids is 1. The molecule has 0 aromatic heterocycles. The van der Waals surface area contributed by atoms with Crippen LogP contribution in [0.2, 0.25) is 0 Å². The summed E-state index contributed by atoms with van der Waals surface area (Å²) in [6, 6.07) is 7.44. The van der Waals surface area contributed by atoms with Crippen LogP contribution in [0.1, 0.15) is 15.9 Å². The third-order valence-corrected chi connectivity index (χ3v) is 2.87. The second-order valence-electron chi connectivity index (χ2n) is 3.99. The van der Waals surface area contributed by atoms with Gasteiger partial charge in [0, 0.05) is 11.6 Å². The van der Waals surface area contributed by atoms with Gasteiger partial charge in [0.05, 0.1) is 19.1 Å². The summed E-state index contributed by atoms with van der Waals surface area (Å²) in [6.45, 7) is 2.88. The number of nitrogens with two attached hydrogens (primary N) is 1. The van der Waals surface area contributed by atoms with Crippen molar-refractivity contribution in [2.75, 3.05) is 13.2 Å². The Morgan fingerprint density at radius 3 is 2.73 bits per heavy atom. The quantitative estimate of drug-likeness (QED) is 0.737. The Kier molecular flexibility index (Phi) is 2.84. The molecule has 3 nitrogen and oxygen atoms in total. The van der Waals surface area contributed by atoms with Crippen molar-refractivity contribution in [1.82, 2.24) is 0 Å². The van der Waals surface area contributed by atoms with Crippen LogP contribution in [0.15, 0.2) is 24.3 Å². The highest BCUT2D eigenvalue weighted by molar-refractivity contribution is 5.99. The van der Waals surface area contributed by atoms with E-state index in [-0.39, 0.29) is 17.7 Å². The first-order valence-corrected chi connectivity index (χ1v) is 5.13. The summed E-state index contributed by atoms with van der Waals surface area (Å²) in [7, 11) is 0. The highest BCUT2D eigenvalue weighted by atomic mass is 16.5. The first-order valence-electron chi connectivity index (χ1n) is 5.13. The van der Waals surface area contributed by atoms with E-state index < -0.39 is 0 Å². The minimum absolute atomic E-state index is 0.109. The minimum atomic E-state index is -0.175. The molecule has 2 atom stereocenters. The average Bonchev–Trinajstić information content (AvgIpc) is 2.64. The summed E-state index contributed by atoms with van der Waals surface area (Å²) >= 11 is 0. The molecule has 3 heteroatoms. The van der Waals surface area contributed by atoms with Gasteiger partial charge in [0.25, 0.3) is 0 Å². The summed E-state index contributed by atoms with van der Waals surface area (Å²) in [5.41, 5.74) is 7.59. The number of ketones is 1. The predicted octanol–water partition coefficient (Wildman–Crippen LogP) is 1.15. The van der Waals surface area contributed by atoms with E-state index in [1.807, 2.05) is 31.2 Å². The number of hydrogen-bond acceptors (Lipinski definition) is 3.